The first-order chi connectivity index (χ1) is 14.0. The molecular formula is C21H27F2N5O2. The van der Waals surface area contributed by atoms with Crippen molar-refractivity contribution in [2.45, 2.75) is 39.9 Å². The Morgan fingerprint density at radius 2 is 1.87 bits per heavy atom. The summed E-state index contributed by atoms with van der Waals surface area (Å²) in [6.07, 6.45) is 0. The number of carbonyl (C=O) groups excluding carboxylic acids is 2. The topological polar surface area (TPSA) is 79.3 Å². The second-order valence-electron chi connectivity index (χ2n) is 8.64. The lowest BCUT2D eigenvalue weighted by Gasteiger charge is -2.30. The zero-order chi connectivity index (χ0) is 22.2. The van der Waals surface area contributed by atoms with Crippen molar-refractivity contribution in [3.05, 3.63) is 41.2 Å². The molecule has 0 saturated heterocycles. The SMILES string of the molecule is CNC(=O)[C@@H](NC(=O)c1nc(-c2ccc(F)c(F)c2)n2c1CN(C)CC2)C(C)(C)C. The highest BCUT2D eigenvalue weighted by atomic mass is 19.2. The molecule has 2 heterocycles. The van der Waals surface area contributed by atoms with Crippen LogP contribution >= 0.6 is 0 Å². The number of rotatable bonds is 4. The molecule has 1 aliphatic heterocycles. The first kappa shape index (κ1) is 21.9. The summed E-state index contributed by atoms with van der Waals surface area (Å²) in [5, 5.41) is 5.37. The molecular weight excluding hydrogens is 392 g/mol. The van der Waals surface area contributed by atoms with Crippen molar-refractivity contribution >= 4 is 11.8 Å². The van der Waals surface area contributed by atoms with Crippen LogP contribution in [0, 0.1) is 17.0 Å². The van der Waals surface area contributed by atoms with Gasteiger partial charge in [0.1, 0.15) is 11.9 Å². The molecule has 1 aromatic carbocycles. The Balaban J connectivity index is 2.04. The molecule has 30 heavy (non-hydrogen) atoms. The van der Waals surface area contributed by atoms with E-state index in [0.717, 1.165) is 18.7 Å². The summed E-state index contributed by atoms with van der Waals surface area (Å²) in [7, 11) is 3.44. The van der Waals surface area contributed by atoms with Crippen molar-refractivity contribution in [3.8, 4) is 11.4 Å². The number of nitrogens with one attached hydrogen (secondary N) is 2. The highest BCUT2D eigenvalue weighted by Gasteiger charge is 2.35. The summed E-state index contributed by atoms with van der Waals surface area (Å²) < 4.78 is 29.1. The number of hydrogen-bond acceptors (Lipinski definition) is 4. The van der Waals surface area contributed by atoms with Crippen molar-refractivity contribution < 1.29 is 18.4 Å². The van der Waals surface area contributed by atoms with E-state index in [9.17, 15) is 18.4 Å². The van der Waals surface area contributed by atoms with E-state index in [2.05, 4.69) is 15.6 Å². The summed E-state index contributed by atoms with van der Waals surface area (Å²) >= 11 is 0. The van der Waals surface area contributed by atoms with Gasteiger partial charge in [-0.05, 0) is 30.7 Å². The number of imidazole rings is 1. The van der Waals surface area contributed by atoms with E-state index in [0.29, 0.717) is 30.2 Å². The van der Waals surface area contributed by atoms with Gasteiger partial charge in [0.2, 0.25) is 5.91 Å². The Hall–Kier alpha value is -2.81. The number of hydrogen-bond donors (Lipinski definition) is 2. The number of halogens is 2. The summed E-state index contributed by atoms with van der Waals surface area (Å²) in [6.45, 7) is 7.32. The van der Waals surface area contributed by atoms with E-state index in [1.165, 1.54) is 13.1 Å². The van der Waals surface area contributed by atoms with Crippen molar-refractivity contribution in [2.75, 3.05) is 20.6 Å². The molecule has 3 rings (SSSR count). The first-order valence-corrected chi connectivity index (χ1v) is 9.78. The van der Waals surface area contributed by atoms with Crippen LogP contribution in [0.25, 0.3) is 11.4 Å². The predicted molar refractivity (Wildman–Crippen MR) is 109 cm³/mol. The van der Waals surface area contributed by atoms with Gasteiger partial charge < -0.3 is 15.2 Å². The van der Waals surface area contributed by atoms with Gasteiger partial charge in [0.25, 0.3) is 5.91 Å². The van der Waals surface area contributed by atoms with Crippen LogP contribution in [-0.4, -0.2) is 52.9 Å². The average molecular weight is 419 g/mol. The highest BCUT2D eigenvalue weighted by Crippen LogP contribution is 2.28. The van der Waals surface area contributed by atoms with E-state index in [-0.39, 0.29) is 11.6 Å². The van der Waals surface area contributed by atoms with E-state index in [1.54, 1.807) is 0 Å². The van der Waals surface area contributed by atoms with Gasteiger partial charge in [0.15, 0.2) is 17.3 Å². The minimum Gasteiger partial charge on any atom is -0.357 e. The summed E-state index contributed by atoms with van der Waals surface area (Å²) in [4.78, 5) is 32.0. The van der Waals surface area contributed by atoms with Gasteiger partial charge in [-0.1, -0.05) is 20.8 Å². The maximum Gasteiger partial charge on any atom is 0.272 e. The van der Waals surface area contributed by atoms with Crippen LogP contribution in [0.15, 0.2) is 18.2 Å². The molecule has 1 atom stereocenters. The number of amides is 2. The molecule has 0 saturated carbocycles. The van der Waals surface area contributed by atoms with Crippen LogP contribution in [0.2, 0.25) is 0 Å². The minimum atomic E-state index is -0.976. The lowest BCUT2D eigenvalue weighted by molar-refractivity contribution is -0.124. The van der Waals surface area contributed by atoms with Gasteiger partial charge >= 0.3 is 0 Å². The predicted octanol–water partition coefficient (Wildman–Crippen LogP) is 2.16. The zero-order valence-corrected chi connectivity index (χ0v) is 17.8. The van der Waals surface area contributed by atoms with Gasteiger partial charge in [-0.3, -0.25) is 14.5 Å². The molecule has 9 heteroatoms. The van der Waals surface area contributed by atoms with Crippen molar-refractivity contribution in [1.82, 2.24) is 25.1 Å². The van der Waals surface area contributed by atoms with Crippen LogP contribution in [0.5, 0.6) is 0 Å². The number of fused-ring (bicyclic) bond motifs is 1. The number of benzene rings is 1. The summed E-state index contributed by atoms with van der Waals surface area (Å²) in [5.74, 6) is -2.31. The molecule has 162 valence electrons. The van der Waals surface area contributed by atoms with Crippen molar-refractivity contribution in [2.24, 2.45) is 5.41 Å². The lowest BCUT2D eigenvalue weighted by atomic mass is 9.86. The number of nitrogens with zero attached hydrogens (tertiary/aromatic N) is 3. The quantitative estimate of drug-likeness (QED) is 0.796. The molecule has 1 aliphatic rings. The molecule has 0 unspecified atom stereocenters. The van der Waals surface area contributed by atoms with Gasteiger partial charge in [0.05, 0.1) is 5.69 Å². The van der Waals surface area contributed by atoms with Crippen LogP contribution in [0.1, 0.15) is 37.0 Å². The second kappa shape index (κ2) is 8.14. The largest absolute Gasteiger partial charge is 0.357 e. The molecule has 2 aromatic rings. The van der Waals surface area contributed by atoms with Gasteiger partial charge in [0, 0.05) is 32.2 Å². The smallest absolute Gasteiger partial charge is 0.272 e. The maximum atomic E-state index is 13.8. The molecule has 0 fully saturated rings. The fourth-order valence-corrected chi connectivity index (χ4v) is 3.55. The molecule has 0 spiro atoms. The second-order valence-corrected chi connectivity index (χ2v) is 8.64. The fourth-order valence-electron chi connectivity index (χ4n) is 3.55. The van der Waals surface area contributed by atoms with Crippen LogP contribution < -0.4 is 10.6 Å². The third kappa shape index (κ3) is 4.21. The van der Waals surface area contributed by atoms with Gasteiger partial charge in [-0.2, -0.15) is 0 Å². The van der Waals surface area contributed by atoms with Gasteiger partial charge in [-0.15, -0.1) is 0 Å². The van der Waals surface area contributed by atoms with Crippen LogP contribution in [0.3, 0.4) is 0 Å². The Bertz CT molecular complexity index is 981. The molecule has 1 aromatic heterocycles. The zero-order valence-electron chi connectivity index (χ0n) is 17.8. The number of likely N-dealkylation sites (N-methyl/N-ethyl adjacent to an activating group) is 2. The third-order valence-corrected chi connectivity index (χ3v) is 5.24. The Kier molecular flexibility index (Phi) is 5.94. The Morgan fingerprint density at radius 3 is 2.47 bits per heavy atom. The third-order valence-electron chi connectivity index (χ3n) is 5.24. The van der Waals surface area contributed by atoms with E-state index in [1.807, 2.05) is 37.3 Å². The van der Waals surface area contributed by atoms with E-state index in [4.69, 9.17) is 0 Å². The summed E-state index contributed by atoms with van der Waals surface area (Å²) in [5.41, 5.74) is 0.720. The summed E-state index contributed by atoms with van der Waals surface area (Å²) in [6, 6.07) is 2.80. The van der Waals surface area contributed by atoms with Crippen LogP contribution in [-0.2, 0) is 17.9 Å². The molecule has 0 aliphatic carbocycles. The number of carbonyl (C=O) groups is 2. The molecule has 0 radical (unpaired) electrons. The van der Waals surface area contributed by atoms with Gasteiger partial charge in [-0.25, -0.2) is 13.8 Å². The minimum absolute atomic E-state index is 0.180. The van der Waals surface area contributed by atoms with E-state index < -0.39 is 29.0 Å². The fraction of sp³-hybridized carbons (Fsp3) is 0.476. The van der Waals surface area contributed by atoms with Crippen molar-refractivity contribution in [3.63, 3.8) is 0 Å². The lowest BCUT2D eigenvalue weighted by Crippen LogP contribution is -2.53. The first-order valence-electron chi connectivity index (χ1n) is 9.78. The molecule has 0 bridgehead atoms. The standard InChI is InChI=1S/C21H27F2N5O2/c1-21(2,3)17(20(30)24-4)26-19(29)16-15-11-27(5)8-9-28(15)18(25-16)12-6-7-13(22)14(23)10-12/h6-7,10,17H,8-9,11H2,1-5H3,(H,24,30)(H,26,29)/t17-/m1/s1. The molecule has 7 nitrogen and oxygen atoms in total. The monoisotopic (exact) mass is 419 g/mol. The Morgan fingerprint density at radius 1 is 1.17 bits per heavy atom. The Labute approximate surface area is 174 Å². The molecule has 2 N–H and O–H groups in total. The van der Waals surface area contributed by atoms with E-state index >= 15 is 0 Å². The number of aromatic nitrogens is 2. The average Bonchev–Trinajstić information content (AvgIpc) is 3.05. The molecule has 2 amide bonds. The van der Waals surface area contributed by atoms with Crippen molar-refractivity contribution in [1.29, 1.82) is 0 Å². The van der Waals surface area contributed by atoms with Crippen LogP contribution in [0.4, 0.5) is 8.78 Å². The normalized spacial score (nSPS) is 15.4. The highest BCUT2D eigenvalue weighted by molar-refractivity contribution is 5.97. The maximum absolute atomic E-state index is 13.8.